The van der Waals surface area contributed by atoms with Gasteiger partial charge in [-0.05, 0) is 24.5 Å². The Kier molecular flexibility index (Phi) is 21.9. The van der Waals surface area contributed by atoms with Crippen LogP contribution in [0.15, 0.2) is 18.3 Å². The lowest BCUT2D eigenvalue weighted by Gasteiger charge is -2.20. The molecule has 3 heteroatoms. The molecule has 2 heterocycles. The summed E-state index contributed by atoms with van der Waals surface area (Å²) in [6, 6.07) is 3.55. The molecule has 0 radical (unpaired) electrons. The Bertz CT molecular complexity index is 411. The summed E-state index contributed by atoms with van der Waals surface area (Å²) in [7, 11) is 0. The predicted molar refractivity (Wildman–Crippen MR) is 119 cm³/mol. The molecule has 0 aromatic carbocycles. The van der Waals surface area contributed by atoms with E-state index < -0.39 is 0 Å². The third-order valence-electron chi connectivity index (χ3n) is 4.36. The van der Waals surface area contributed by atoms with Crippen LogP contribution in [0, 0.1) is 18.8 Å². The number of aromatic nitrogens is 1. The fourth-order valence-electron chi connectivity index (χ4n) is 1.85. The van der Waals surface area contributed by atoms with Gasteiger partial charge in [0, 0.05) is 12.1 Å². The van der Waals surface area contributed by atoms with Crippen molar-refractivity contribution in [1.82, 2.24) is 4.98 Å². The Hall–Kier alpha value is -1.22. The van der Waals surface area contributed by atoms with Crippen molar-refractivity contribution in [1.29, 1.82) is 0 Å². The lowest BCUT2D eigenvalue weighted by Crippen LogP contribution is -2.23. The van der Waals surface area contributed by atoms with E-state index in [0.29, 0.717) is 5.69 Å². The molecule has 1 unspecified atom stereocenters. The van der Waals surface area contributed by atoms with Crippen LogP contribution in [0.4, 0.5) is 0 Å². The molecule has 0 bridgehead atoms. The second-order valence-electron chi connectivity index (χ2n) is 7.53. The van der Waals surface area contributed by atoms with E-state index in [1.54, 1.807) is 12.3 Å². The van der Waals surface area contributed by atoms with E-state index in [-0.39, 0.29) is 0 Å². The lowest BCUT2D eigenvalue weighted by molar-refractivity contribution is -0.0221. The number of carbonyl (C=O) groups excluding carboxylic acids is 1. The number of hydrogen-bond acceptors (Lipinski definition) is 3. The molecule has 0 N–H and O–H groups in total. The van der Waals surface area contributed by atoms with Crippen molar-refractivity contribution in [3.63, 3.8) is 0 Å². The summed E-state index contributed by atoms with van der Waals surface area (Å²) in [6.45, 7) is 17.3. The van der Waals surface area contributed by atoms with Crippen molar-refractivity contribution < 1.29 is 9.53 Å². The predicted octanol–water partition coefficient (Wildman–Crippen LogP) is 7.27. The summed E-state index contributed by atoms with van der Waals surface area (Å²) in [5.74, 6) is 1.80. The maximum atomic E-state index is 10.1. The van der Waals surface area contributed by atoms with E-state index in [1.807, 2.05) is 13.0 Å². The fraction of sp³-hybridized carbons (Fsp3) is 0.750. The third kappa shape index (κ3) is 20.9. The van der Waals surface area contributed by atoms with Gasteiger partial charge in [-0.1, -0.05) is 92.6 Å². The van der Waals surface area contributed by atoms with Gasteiger partial charge in [-0.15, -0.1) is 0 Å². The molecule has 1 saturated heterocycles. The number of rotatable bonds is 7. The van der Waals surface area contributed by atoms with E-state index in [1.165, 1.54) is 44.9 Å². The van der Waals surface area contributed by atoms with Crippen LogP contribution in [-0.4, -0.2) is 24.5 Å². The molecule has 1 aliphatic rings. The second kappa shape index (κ2) is 21.1. The largest absolute Gasteiger partial charge is 0.381 e. The maximum absolute atomic E-state index is 10.1. The third-order valence-corrected chi connectivity index (χ3v) is 4.36. The highest BCUT2D eigenvalue weighted by Gasteiger charge is 2.09. The van der Waals surface area contributed by atoms with Gasteiger partial charge in [0.15, 0.2) is 6.29 Å². The zero-order valence-corrected chi connectivity index (χ0v) is 19.1. The van der Waals surface area contributed by atoms with Crippen LogP contribution in [0.1, 0.15) is 103 Å². The molecule has 1 atom stereocenters. The summed E-state index contributed by atoms with van der Waals surface area (Å²) in [4.78, 5) is 13.9. The molecule has 0 spiro atoms. The average Bonchev–Trinajstić information content (AvgIpc) is 2.68. The van der Waals surface area contributed by atoms with Crippen LogP contribution in [-0.2, 0) is 4.74 Å². The normalized spacial score (nSPS) is 13.4. The van der Waals surface area contributed by atoms with Gasteiger partial charge in [-0.2, -0.15) is 0 Å². The highest BCUT2D eigenvalue weighted by atomic mass is 16.5. The van der Waals surface area contributed by atoms with Crippen molar-refractivity contribution >= 4 is 6.29 Å². The summed E-state index contributed by atoms with van der Waals surface area (Å²) in [6.07, 6.45) is 12.0. The Morgan fingerprint density at radius 3 is 2.00 bits per heavy atom. The second-order valence-corrected chi connectivity index (χ2v) is 7.53. The number of ether oxygens (including phenoxy) is 1. The highest BCUT2D eigenvalue weighted by molar-refractivity contribution is 5.71. The first-order chi connectivity index (χ1) is 12.9. The van der Waals surface area contributed by atoms with Crippen LogP contribution >= 0.6 is 0 Å². The van der Waals surface area contributed by atoms with Crippen molar-refractivity contribution in [2.24, 2.45) is 11.8 Å². The van der Waals surface area contributed by atoms with Crippen LogP contribution in [0.25, 0.3) is 0 Å². The Balaban J connectivity index is 0. The molecular formula is C24H45NO2. The molecule has 1 fully saturated rings. The van der Waals surface area contributed by atoms with Crippen molar-refractivity contribution in [3.05, 3.63) is 29.6 Å². The molecule has 27 heavy (non-hydrogen) atoms. The minimum absolute atomic E-state index is 0.487. The molecule has 0 aliphatic carbocycles. The quantitative estimate of drug-likeness (QED) is 0.369. The zero-order valence-electron chi connectivity index (χ0n) is 19.1. The molecule has 1 aliphatic heterocycles. The highest BCUT2D eigenvalue weighted by Crippen LogP contribution is 2.11. The first-order valence-electron chi connectivity index (χ1n) is 10.9. The van der Waals surface area contributed by atoms with Crippen LogP contribution in [0.5, 0.6) is 0 Å². The number of carbonyl (C=O) groups is 1. The molecule has 3 nitrogen and oxygen atoms in total. The van der Waals surface area contributed by atoms with Gasteiger partial charge in [0.2, 0.25) is 0 Å². The van der Waals surface area contributed by atoms with E-state index in [9.17, 15) is 4.79 Å². The summed E-state index contributed by atoms with van der Waals surface area (Å²) in [5.41, 5.74) is 1.56. The molecule has 2 rings (SSSR count). The minimum Gasteiger partial charge on any atom is -0.381 e. The molecule has 158 valence electrons. The monoisotopic (exact) mass is 379 g/mol. The van der Waals surface area contributed by atoms with Crippen LogP contribution in [0.2, 0.25) is 0 Å². The van der Waals surface area contributed by atoms with Gasteiger partial charge in [-0.3, -0.25) is 9.78 Å². The van der Waals surface area contributed by atoms with Gasteiger partial charge in [-0.25, -0.2) is 0 Å². The van der Waals surface area contributed by atoms with E-state index >= 15 is 0 Å². The number of nitrogens with zero attached hydrogens (tertiary/aromatic N) is 1. The number of unbranched alkanes of at least 4 members (excludes halogenated alkanes) is 3. The first-order valence-corrected chi connectivity index (χ1v) is 10.9. The van der Waals surface area contributed by atoms with Crippen LogP contribution in [0.3, 0.4) is 0 Å². The van der Waals surface area contributed by atoms with Crippen molar-refractivity contribution in [3.8, 4) is 0 Å². The topological polar surface area (TPSA) is 39.2 Å². The Labute approximate surface area is 169 Å². The lowest BCUT2D eigenvalue weighted by atomic mass is 10.0. The molecule has 1 aromatic heterocycles. The van der Waals surface area contributed by atoms with Gasteiger partial charge in [0.1, 0.15) is 5.69 Å². The Morgan fingerprint density at radius 1 is 1.11 bits per heavy atom. The van der Waals surface area contributed by atoms with E-state index in [2.05, 4.69) is 46.5 Å². The van der Waals surface area contributed by atoms with Gasteiger partial charge in [0.05, 0.1) is 13.2 Å². The zero-order chi connectivity index (χ0) is 20.9. The molecule has 1 aromatic rings. The van der Waals surface area contributed by atoms with E-state index in [4.69, 9.17) is 4.74 Å². The van der Waals surface area contributed by atoms with Crippen molar-refractivity contribution in [2.75, 3.05) is 13.2 Å². The van der Waals surface area contributed by atoms with Gasteiger partial charge in [0.25, 0.3) is 0 Å². The number of aldehydes is 1. The molecule has 0 saturated carbocycles. The molecular weight excluding hydrogens is 334 g/mol. The smallest absolute Gasteiger partial charge is 0.168 e. The van der Waals surface area contributed by atoms with Gasteiger partial charge >= 0.3 is 0 Å². The SMILES string of the molecule is CC1COC1.CCCC.CCCCCC(C)CC.Cc1ccc(C=O)nc1. The first kappa shape index (κ1) is 28.0. The minimum atomic E-state index is 0.487. The average molecular weight is 380 g/mol. The molecule has 0 amide bonds. The number of aryl methyl sites for hydroxylation is 1. The number of pyridine rings is 1. The maximum Gasteiger partial charge on any atom is 0.168 e. The number of hydrogen-bond donors (Lipinski definition) is 0. The van der Waals surface area contributed by atoms with E-state index in [0.717, 1.165) is 36.9 Å². The summed E-state index contributed by atoms with van der Waals surface area (Å²) in [5, 5.41) is 0. The van der Waals surface area contributed by atoms with Gasteiger partial charge < -0.3 is 4.74 Å². The van der Waals surface area contributed by atoms with Crippen LogP contribution < -0.4 is 0 Å². The fourth-order valence-corrected chi connectivity index (χ4v) is 1.85. The Morgan fingerprint density at radius 2 is 1.70 bits per heavy atom. The summed E-state index contributed by atoms with van der Waals surface area (Å²) >= 11 is 0. The summed E-state index contributed by atoms with van der Waals surface area (Å²) < 4.78 is 4.83. The standard InChI is InChI=1S/C9H20.C7H7NO.C4H8O.C4H10/c1-4-6-7-8-9(3)5-2;1-6-2-3-7(5-9)8-4-6;1-4-2-5-3-4;1-3-4-2/h9H,4-8H2,1-3H3;2-5H,1H3;4H,2-3H2,1H3;3-4H2,1-2H3. The van der Waals surface area contributed by atoms with Crippen molar-refractivity contribution in [2.45, 2.75) is 93.4 Å².